The van der Waals surface area contributed by atoms with Crippen LogP contribution in [0, 0.1) is 5.92 Å². The molecule has 0 unspecified atom stereocenters. The van der Waals surface area contributed by atoms with Crippen LogP contribution >= 0.6 is 0 Å². The van der Waals surface area contributed by atoms with Crippen LogP contribution in [0.1, 0.15) is 49.4 Å². The molecule has 1 aromatic rings. The monoisotopic (exact) mass is 393 g/mol. The number of amides is 1. The molecule has 2 fully saturated rings. The second-order valence-electron chi connectivity index (χ2n) is 7.50. The van der Waals surface area contributed by atoms with E-state index >= 15 is 0 Å². The molecule has 0 bridgehead atoms. The Hall–Kier alpha value is -1.44. The van der Waals surface area contributed by atoms with Gasteiger partial charge < -0.3 is 10.2 Å². The van der Waals surface area contributed by atoms with Crippen molar-refractivity contribution in [3.8, 4) is 0 Å². The predicted octanol–water partition coefficient (Wildman–Crippen LogP) is 2.32. The smallest absolute Gasteiger partial charge is 0.255 e. The van der Waals surface area contributed by atoms with Crippen molar-refractivity contribution in [1.29, 1.82) is 0 Å². The van der Waals surface area contributed by atoms with Gasteiger partial charge in [-0.15, -0.1) is 0 Å². The zero-order valence-corrected chi connectivity index (χ0v) is 17.0. The van der Waals surface area contributed by atoms with Gasteiger partial charge in [-0.25, -0.2) is 8.42 Å². The number of nitrogens with zero attached hydrogens (tertiary/aromatic N) is 2. The van der Waals surface area contributed by atoms with Crippen LogP contribution in [0.25, 0.3) is 0 Å². The van der Waals surface area contributed by atoms with Crippen LogP contribution in [0.2, 0.25) is 0 Å². The molecule has 1 N–H and O–H groups in total. The molecule has 0 aromatic heterocycles. The zero-order chi connectivity index (χ0) is 19.3. The molecule has 1 aromatic carbocycles. The van der Waals surface area contributed by atoms with E-state index in [9.17, 15) is 13.2 Å². The summed E-state index contributed by atoms with van der Waals surface area (Å²) in [4.78, 5) is 15.1. The van der Waals surface area contributed by atoms with Crippen molar-refractivity contribution < 1.29 is 13.2 Å². The number of hydrogen-bond donors (Lipinski definition) is 1. The summed E-state index contributed by atoms with van der Waals surface area (Å²) in [5.74, 6) is 0.425. The highest BCUT2D eigenvalue weighted by Gasteiger charge is 2.32. The van der Waals surface area contributed by atoms with Gasteiger partial charge >= 0.3 is 0 Å². The molecule has 7 heteroatoms. The van der Waals surface area contributed by atoms with Crippen molar-refractivity contribution in [1.82, 2.24) is 14.5 Å². The van der Waals surface area contributed by atoms with E-state index in [1.54, 1.807) is 24.3 Å². The van der Waals surface area contributed by atoms with Gasteiger partial charge in [0.25, 0.3) is 5.91 Å². The number of hydrogen-bond acceptors (Lipinski definition) is 4. The fraction of sp³-hybridized carbons (Fsp3) is 0.650. The molecule has 0 atom stereocenters. The molecule has 2 saturated heterocycles. The first-order valence-electron chi connectivity index (χ1n) is 10.1. The fourth-order valence-electron chi connectivity index (χ4n) is 3.97. The highest BCUT2D eigenvalue weighted by Crippen LogP contribution is 2.26. The van der Waals surface area contributed by atoms with E-state index in [0.29, 0.717) is 37.7 Å². The van der Waals surface area contributed by atoms with Gasteiger partial charge in [0.15, 0.2) is 0 Å². The molecule has 0 aliphatic carbocycles. The lowest BCUT2D eigenvalue weighted by Gasteiger charge is -2.33. The molecule has 0 radical (unpaired) electrons. The molecule has 2 aliphatic heterocycles. The maximum atomic E-state index is 13.1. The lowest BCUT2D eigenvalue weighted by molar-refractivity contribution is 0.0686. The van der Waals surface area contributed by atoms with Crippen LogP contribution in [0.5, 0.6) is 0 Å². The molecule has 3 rings (SSSR count). The first kappa shape index (κ1) is 20.3. The second kappa shape index (κ2) is 9.17. The summed E-state index contributed by atoms with van der Waals surface area (Å²) in [6, 6.07) is 6.69. The second-order valence-corrected chi connectivity index (χ2v) is 9.41. The third kappa shape index (κ3) is 4.70. The maximum absolute atomic E-state index is 13.1. The Bertz CT molecular complexity index is 737. The predicted molar refractivity (Wildman–Crippen MR) is 106 cm³/mol. The maximum Gasteiger partial charge on any atom is 0.255 e. The van der Waals surface area contributed by atoms with E-state index in [1.807, 2.05) is 4.90 Å². The minimum absolute atomic E-state index is 0.159. The number of likely N-dealkylation sites (tertiary alicyclic amines) is 1. The Labute approximate surface area is 163 Å². The minimum atomic E-state index is -3.62. The molecule has 0 saturated carbocycles. The van der Waals surface area contributed by atoms with Crippen LogP contribution in [-0.4, -0.2) is 62.8 Å². The van der Waals surface area contributed by atoms with Gasteiger partial charge in [-0.2, -0.15) is 4.31 Å². The van der Waals surface area contributed by atoms with Crippen molar-refractivity contribution in [2.24, 2.45) is 5.92 Å². The number of nitrogens with one attached hydrogen (secondary N) is 1. The Morgan fingerprint density at radius 2 is 1.74 bits per heavy atom. The van der Waals surface area contributed by atoms with Crippen molar-refractivity contribution in [2.45, 2.75) is 43.9 Å². The van der Waals surface area contributed by atoms with Gasteiger partial charge in [0, 0.05) is 26.2 Å². The summed E-state index contributed by atoms with van der Waals surface area (Å²) in [5, 5.41) is 3.37. The fourth-order valence-corrected chi connectivity index (χ4v) is 5.67. The Kier molecular flexibility index (Phi) is 6.89. The molecule has 0 spiro atoms. The minimum Gasteiger partial charge on any atom is -0.339 e. The van der Waals surface area contributed by atoms with Crippen LogP contribution in [0.3, 0.4) is 0 Å². The van der Waals surface area contributed by atoms with Gasteiger partial charge in [-0.1, -0.05) is 25.5 Å². The van der Waals surface area contributed by atoms with Gasteiger partial charge in [0.2, 0.25) is 10.0 Å². The van der Waals surface area contributed by atoms with Crippen LogP contribution in [0.15, 0.2) is 29.2 Å². The summed E-state index contributed by atoms with van der Waals surface area (Å²) in [6.07, 6.45) is 4.75. The Balaban J connectivity index is 1.75. The average molecular weight is 394 g/mol. The summed E-state index contributed by atoms with van der Waals surface area (Å²) in [6.45, 7) is 6.50. The molecule has 27 heavy (non-hydrogen) atoms. The van der Waals surface area contributed by atoms with Crippen molar-refractivity contribution in [3.05, 3.63) is 29.8 Å². The molecule has 6 nitrogen and oxygen atoms in total. The summed E-state index contributed by atoms with van der Waals surface area (Å²) in [5.41, 5.74) is 0.313. The first-order valence-corrected chi connectivity index (χ1v) is 11.6. The van der Waals surface area contributed by atoms with E-state index < -0.39 is 10.0 Å². The van der Waals surface area contributed by atoms with Crippen LogP contribution < -0.4 is 5.32 Å². The quantitative estimate of drug-likeness (QED) is 0.805. The van der Waals surface area contributed by atoms with Gasteiger partial charge in [0.05, 0.1) is 10.5 Å². The molecule has 2 heterocycles. The highest BCUT2D eigenvalue weighted by molar-refractivity contribution is 7.89. The Morgan fingerprint density at radius 1 is 1.07 bits per heavy atom. The first-order chi connectivity index (χ1) is 13.0. The van der Waals surface area contributed by atoms with E-state index in [-0.39, 0.29) is 10.8 Å². The lowest BCUT2D eigenvalue weighted by Crippen LogP contribution is -2.42. The van der Waals surface area contributed by atoms with E-state index in [4.69, 9.17) is 0 Å². The summed E-state index contributed by atoms with van der Waals surface area (Å²) < 4.78 is 27.8. The van der Waals surface area contributed by atoms with Crippen LogP contribution in [0.4, 0.5) is 0 Å². The van der Waals surface area contributed by atoms with Crippen LogP contribution in [-0.2, 0) is 10.0 Å². The number of benzene rings is 1. The number of rotatable bonds is 6. The molecule has 2 aliphatic rings. The molecule has 150 valence electrons. The summed E-state index contributed by atoms with van der Waals surface area (Å²) >= 11 is 0. The third-order valence-corrected chi connectivity index (χ3v) is 7.59. The van der Waals surface area contributed by atoms with E-state index in [1.165, 1.54) is 4.31 Å². The third-order valence-electron chi connectivity index (χ3n) is 5.64. The normalized spacial score (nSPS) is 20.0. The standard InChI is InChI=1S/C20H31N3O3S/c1-2-21-16-17-10-14-22(15-11-17)20(24)18-8-4-5-9-19(18)27(25,26)23-12-6-3-7-13-23/h4-5,8-9,17,21H,2-3,6-7,10-16H2,1H3. The molecular weight excluding hydrogens is 362 g/mol. The number of piperidine rings is 2. The topological polar surface area (TPSA) is 69.7 Å². The zero-order valence-electron chi connectivity index (χ0n) is 16.2. The average Bonchev–Trinajstić information content (AvgIpc) is 2.72. The Morgan fingerprint density at radius 3 is 2.41 bits per heavy atom. The van der Waals surface area contributed by atoms with Gasteiger partial charge in [-0.3, -0.25) is 4.79 Å². The number of carbonyl (C=O) groups excluding carboxylic acids is 1. The van der Waals surface area contributed by atoms with E-state index in [0.717, 1.165) is 45.2 Å². The summed E-state index contributed by atoms with van der Waals surface area (Å²) in [7, 11) is -3.62. The van der Waals surface area contributed by atoms with Gasteiger partial charge in [-0.05, 0) is 56.8 Å². The molecule has 1 amide bonds. The van der Waals surface area contributed by atoms with Crippen molar-refractivity contribution in [3.63, 3.8) is 0 Å². The number of carbonyl (C=O) groups is 1. The SMILES string of the molecule is CCNCC1CCN(C(=O)c2ccccc2S(=O)(=O)N2CCCCC2)CC1. The largest absolute Gasteiger partial charge is 0.339 e. The van der Waals surface area contributed by atoms with Gasteiger partial charge in [0.1, 0.15) is 0 Å². The molecular formula is C20H31N3O3S. The van der Waals surface area contributed by atoms with E-state index in [2.05, 4.69) is 12.2 Å². The van der Waals surface area contributed by atoms with Crippen molar-refractivity contribution in [2.75, 3.05) is 39.3 Å². The lowest BCUT2D eigenvalue weighted by atomic mass is 9.96. The number of sulfonamides is 1. The van der Waals surface area contributed by atoms with Crippen molar-refractivity contribution >= 4 is 15.9 Å². The highest BCUT2D eigenvalue weighted by atomic mass is 32.2.